The van der Waals surface area contributed by atoms with Crippen LogP contribution in [-0.2, 0) is 6.67 Å². The van der Waals surface area contributed by atoms with E-state index in [0.717, 1.165) is 22.3 Å². The maximum atomic E-state index is 12.4. The fraction of sp³-hybridized carbons (Fsp3) is 0.182. The smallest absolute Gasteiger partial charge is 0.408 e. The molecule has 2 heterocycles. The topological polar surface area (TPSA) is 51.3 Å². The number of nitrogens with zero attached hydrogens (tertiary/aromatic N) is 3. The van der Waals surface area contributed by atoms with E-state index in [1.165, 1.54) is 0 Å². The Morgan fingerprint density at radius 2 is 1.85 bits per heavy atom. The molecule has 5 nitrogen and oxygen atoms in total. The van der Waals surface area contributed by atoms with Gasteiger partial charge in [-0.2, -0.15) is 0 Å². The molecule has 4 aromatic rings. The molecule has 0 radical (unpaired) electrons. The first-order valence-electron chi connectivity index (χ1n) is 8.89. The lowest BCUT2D eigenvalue weighted by Gasteiger charge is -2.28. The number of aryl methyl sites for hydroxylation is 1. The molecule has 2 aromatic heterocycles. The molecule has 0 aliphatic carbocycles. The standard InChI is InChI=1S/C22H21N3O2/c1-16-11-12-20-19(14-16)25(22(26)27-20)15-24(2)21(17-8-4-3-5-9-17)18-10-6-7-13-23-18/h3-14,21H,15H2,1-2H3. The number of fused-ring (bicyclic) bond motifs is 1. The van der Waals surface area contributed by atoms with Crippen molar-refractivity contribution in [3.05, 3.63) is 100 Å². The average Bonchev–Trinajstić information content (AvgIpc) is 2.99. The van der Waals surface area contributed by atoms with Gasteiger partial charge in [0.2, 0.25) is 0 Å². The molecule has 5 heteroatoms. The van der Waals surface area contributed by atoms with Crippen molar-refractivity contribution in [1.82, 2.24) is 14.5 Å². The van der Waals surface area contributed by atoms with E-state index in [9.17, 15) is 4.79 Å². The zero-order chi connectivity index (χ0) is 18.8. The SMILES string of the molecule is Cc1ccc2oc(=O)n(CN(C)C(c3ccccc3)c3ccccn3)c2c1. The van der Waals surface area contributed by atoms with Gasteiger partial charge in [-0.15, -0.1) is 0 Å². The summed E-state index contributed by atoms with van der Waals surface area (Å²) in [5.74, 6) is -0.352. The first-order chi connectivity index (χ1) is 13.1. The molecule has 4 rings (SSSR count). The molecule has 0 saturated heterocycles. The van der Waals surface area contributed by atoms with Gasteiger partial charge in [-0.05, 0) is 49.4 Å². The van der Waals surface area contributed by atoms with Gasteiger partial charge < -0.3 is 4.42 Å². The van der Waals surface area contributed by atoms with Gasteiger partial charge in [0.1, 0.15) is 0 Å². The zero-order valence-electron chi connectivity index (χ0n) is 15.4. The van der Waals surface area contributed by atoms with Gasteiger partial charge in [-0.1, -0.05) is 42.5 Å². The minimum absolute atomic E-state index is 0.0749. The minimum atomic E-state index is -0.352. The first-order valence-corrected chi connectivity index (χ1v) is 8.89. The van der Waals surface area contributed by atoms with Crippen molar-refractivity contribution >= 4 is 11.1 Å². The molecule has 0 aliphatic heterocycles. The molecule has 1 atom stereocenters. The summed E-state index contributed by atoms with van der Waals surface area (Å²) in [5, 5.41) is 0. The molecule has 136 valence electrons. The molecule has 0 spiro atoms. The van der Waals surface area contributed by atoms with Crippen molar-refractivity contribution < 1.29 is 4.42 Å². The molecule has 0 saturated carbocycles. The molecule has 0 fully saturated rings. The maximum Gasteiger partial charge on any atom is 0.421 e. The van der Waals surface area contributed by atoms with Crippen molar-refractivity contribution in [3.8, 4) is 0 Å². The van der Waals surface area contributed by atoms with Crippen LogP contribution in [-0.4, -0.2) is 21.5 Å². The summed E-state index contributed by atoms with van der Waals surface area (Å²) in [6.07, 6.45) is 1.79. The van der Waals surface area contributed by atoms with Crippen LogP contribution in [0.3, 0.4) is 0 Å². The quantitative estimate of drug-likeness (QED) is 0.541. The summed E-state index contributed by atoms with van der Waals surface area (Å²) in [6.45, 7) is 2.40. The van der Waals surface area contributed by atoms with E-state index in [1.54, 1.807) is 10.8 Å². The number of aromatic nitrogens is 2. The van der Waals surface area contributed by atoms with E-state index < -0.39 is 0 Å². The van der Waals surface area contributed by atoms with Gasteiger partial charge in [-0.25, -0.2) is 4.79 Å². The molecule has 0 amide bonds. The zero-order valence-corrected chi connectivity index (χ0v) is 15.4. The third-order valence-electron chi connectivity index (χ3n) is 4.71. The molecule has 0 bridgehead atoms. The van der Waals surface area contributed by atoms with Crippen LogP contribution in [0.4, 0.5) is 0 Å². The average molecular weight is 359 g/mol. The van der Waals surface area contributed by atoms with E-state index in [0.29, 0.717) is 12.3 Å². The molecule has 27 heavy (non-hydrogen) atoms. The van der Waals surface area contributed by atoms with Crippen LogP contribution in [0.2, 0.25) is 0 Å². The monoisotopic (exact) mass is 359 g/mol. The summed E-state index contributed by atoms with van der Waals surface area (Å²) >= 11 is 0. The first kappa shape index (κ1) is 17.2. The Morgan fingerprint density at radius 1 is 1.07 bits per heavy atom. The Labute approximate surface area is 157 Å². The van der Waals surface area contributed by atoms with E-state index in [4.69, 9.17) is 4.42 Å². The number of benzene rings is 2. The third kappa shape index (κ3) is 3.41. The van der Waals surface area contributed by atoms with Crippen molar-refractivity contribution in [3.63, 3.8) is 0 Å². The second-order valence-corrected chi connectivity index (χ2v) is 6.73. The van der Waals surface area contributed by atoms with Crippen molar-refractivity contribution in [2.75, 3.05) is 7.05 Å². The van der Waals surface area contributed by atoms with Crippen molar-refractivity contribution in [1.29, 1.82) is 0 Å². The van der Waals surface area contributed by atoms with E-state index in [-0.39, 0.29) is 11.8 Å². The van der Waals surface area contributed by atoms with Gasteiger partial charge in [-0.3, -0.25) is 14.5 Å². The lowest BCUT2D eigenvalue weighted by Crippen LogP contribution is -2.32. The normalized spacial score (nSPS) is 12.6. The highest BCUT2D eigenvalue weighted by molar-refractivity contribution is 5.73. The number of hydrogen-bond donors (Lipinski definition) is 0. The fourth-order valence-corrected chi connectivity index (χ4v) is 3.43. The van der Waals surface area contributed by atoms with Crippen LogP contribution >= 0.6 is 0 Å². The summed E-state index contributed by atoms with van der Waals surface area (Å²) < 4.78 is 7.08. The predicted octanol–water partition coefficient (Wildman–Crippen LogP) is 3.98. The van der Waals surface area contributed by atoms with Crippen LogP contribution in [0.1, 0.15) is 22.9 Å². The Hall–Kier alpha value is -3.18. The summed E-state index contributed by atoms with van der Waals surface area (Å²) in [6, 6.07) is 21.8. The van der Waals surface area contributed by atoms with Gasteiger partial charge in [0.25, 0.3) is 0 Å². The molecule has 0 aliphatic rings. The highest BCUT2D eigenvalue weighted by atomic mass is 16.4. The van der Waals surface area contributed by atoms with Crippen molar-refractivity contribution in [2.45, 2.75) is 19.6 Å². The van der Waals surface area contributed by atoms with E-state index >= 15 is 0 Å². The number of hydrogen-bond acceptors (Lipinski definition) is 4. The lowest BCUT2D eigenvalue weighted by atomic mass is 10.0. The summed E-state index contributed by atoms with van der Waals surface area (Å²) in [5.41, 5.74) is 4.55. The molecule has 0 N–H and O–H groups in total. The van der Waals surface area contributed by atoms with Gasteiger partial charge in [0.05, 0.1) is 23.9 Å². The van der Waals surface area contributed by atoms with E-state index in [1.807, 2.05) is 68.6 Å². The largest absolute Gasteiger partial charge is 0.421 e. The fourth-order valence-electron chi connectivity index (χ4n) is 3.43. The molecule has 2 aromatic carbocycles. The highest BCUT2D eigenvalue weighted by Crippen LogP contribution is 2.27. The van der Waals surface area contributed by atoms with Gasteiger partial charge in [0, 0.05) is 6.20 Å². The number of rotatable bonds is 5. The van der Waals surface area contributed by atoms with E-state index in [2.05, 4.69) is 22.0 Å². The Bertz CT molecular complexity index is 1060. The Balaban J connectivity index is 1.75. The number of oxazole rings is 1. The predicted molar refractivity (Wildman–Crippen MR) is 105 cm³/mol. The number of pyridine rings is 1. The Morgan fingerprint density at radius 3 is 2.59 bits per heavy atom. The highest BCUT2D eigenvalue weighted by Gasteiger charge is 2.22. The Kier molecular flexibility index (Phi) is 4.60. The van der Waals surface area contributed by atoms with Gasteiger partial charge >= 0.3 is 5.76 Å². The lowest BCUT2D eigenvalue weighted by molar-refractivity contribution is 0.213. The molecular formula is C22H21N3O2. The molecular weight excluding hydrogens is 338 g/mol. The molecule has 1 unspecified atom stereocenters. The second-order valence-electron chi connectivity index (χ2n) is 6.73. The third-order valence-corrected chi connectivity index (χ3v) is 4.71. The van der Waals surface area contributed by atoms with Crippen LogP contribution < -0.4 is 5.76 Å². The van der Waals surface area contributed by atoms with Gasteiger partial charge in [0.15, 0.2) is 5.58 Å². The second kappa shape index (κ2) is 7.21. The van der Waals surface area contributed by atoms with Crippen LogP contribution in [0.5, 0.6) is 0 Å². The van der Waals surface area contributed by atoms with Crippen LogP contribution in [0.25, 0.3) is 11.1 Å². The van der Waals surface area contributed by atoms with Crippen LogP contribution in [0.15, 0.2) is 82.1 Å². The van der Waals surface area contributed by atoms with Crippen molar-refractivity contribution in [2.24, 2.45) is 0 Å². The maximum absolute atomic E-state index is 12.4. The van der Waals surface area contributed by atoms with Crippen LogP contribution in [0, 0.1) is 6.92 Å². The summed E-state index contributed by atoms with van der Waals surface area (Å²) in [4.78, 5) is 19.1. The minimum Gasteiger partial charge on any atom is -0.408 e. The summed E-state index contributed by atoms with van der Waals surface area (Å²) in [7, 11) is 1.99.